The lowest BCUT2D eigenvalue weighted by Crippen LogP contribution is -2.24. The van der Waals surface area contributed by atoms with E-state index in [0.29, 0.717) is 0 Å². The molecule has 0 spiro atoms. The van der Waals surface area contributed by atoms with E-state index in [1.165, 1.54) is 30.5 Å². The minimum atomic E-state index is -2.87. The van der Waals surface area contributed by atoms with Gasteiger partial charge >= 0.3 is 6.61 Å². The lowest BCUT2D eigenvalue weighted by molar-refractivity contribution is -0.0498. The van der Waals surface area contributed by atoms with Crippen LogP contribution in [0.3, 0.4) is 0 Å². The first-order valence-electron chi connectivity index (χ1n) is 6.05. The van der Waals surface area contributed by atoms with Crippen LogP contribution in [0.1, 0.15) is 15.9 Å². The van der Waals surface area contributed by atoms with Gasteiger partial charge in [-0.15, -0.1) is 0 Å². The van der Waals surface area contributed by atoms with Gasteiger partial charge in [0, 0.05) is 24.4 Å². The van der Waals surface area contributed by atoms with Gasteiger partial charge in [-0.2, -0.15) is 8.78 Å². The van der Waals surface area contributed by atoms with E-state index in [2.05, 4.69) is 15.0 Å². The highest BCUT2D eigenvalue weighted by atomic mass is 19.3. The van der Waals surface area contributed by atoms with Gasteiger partial charge in [-0.25, -0.2) is 0 Å². The molecule has 1 aromatic heterocycles. The zero-order valence-corrected chi connectivity index (χ0v) is 10.8. The number of aromatic amines is 1. The Morgan fingerprint density at radius 3 is 2.57 bits per heavy atom. The van der Waals surface area contributed by atoms with Gasteiger partial charge in [0.2, 0.25) is 5.56 Å². The Morgan fingerprint density at radius 1 is 1.24 bits per heavy atom. The number of pyridine rings is 1. The Hall–Kier alpha value is -2.70. The van der Waals surface area contributed by atoms with Gasteiger partial charge in [-0.05, 0) is 23.8 Å². The molecule has 1 aromatic carbocycles. The van der Waals surface area contributed by atoms with Gasteiger partial charge in [0.1, 0.15) is 5.75 Å². The molecule has 0 saturated heterocycles. The molecule has 0 atom stereocenters. The second-order valence-corrected chi connectivity index (χ2v) is 4.15. The van der Waals surface area contributed by atoms with Crippen LogP contribution in [-0.2, 0) is 6.54 Å². The summed E-state index contributed by atoms with van der Waals surface area (Å²) in [6, 6.07) is 8.58. The van der Waals surface area contributed by atoms with Gasteiger partial charge in [-0.3, -0.25) is 9.59 Å². The number of halogens is 2. The molecule has 1 heterocycles. The fourth-order valence-electron chi connectivity index (χ4n) is 1.66. The number of carbonyl (C=O) groups excluding carboxylic acids is 1. The van der Waals surface area contributed by atoms with Crippen LogP contribution in [0.5, 0.6) is 5.75 Å². The zero-order chi connectivity index (χ0) is 15.2. The first-order valence-corrected chi connectivity index (χ1v) is 6.05. The highest BCUT2D eigenvalue weighted by molar-refractivity contribution is 5.93. The maximum absolute atomic E-state index is 12.0. The first-order chi connectivity index (χ1) is 10.0. The molecule has 2 aromatic rings. The van der Waals surface area contributed by atoms with Gasteiger partial charge in [0.05, 0.1) is 0 Å². The summed E-state index contributed by atoms with van der Waals surface area (Å²) < 4.78 is 28.2. The lowest BCUT2D eigenvalue weighted by atomic mass is 10.2. The van der Waals surface area contributed by atoms with Crippen molar-refractivity contribution in [1.82, 2.24) is 10.3 Å². The average Bonchev–Trinajstić information content (AvgIpc) is 2.45. The van der Waals surface area contributed by atoms with Crippen LogP contribution in [0.4, 0.5) is 8.78 Å². The molecule has 1 amide bonds. The van der Waals surface area contributed by atoms with Crippen molar-refractivity contribution in [3.05, 3.63) is 64.1 Å². The Kier molecular flexibility index (Phi) is 4.65. The summed E-state index contributed by atoms with van der Waals surface area (Å²) >= 11 is 0. The molecule has 2 N–H and O–H groups in total. The number of hydrogen-bond acceptors (Lipinski definition) is 3. The average molecular weight is 294 g/mol. The van der Waals surface area contributed by atoms with Crippen LogP contribution in [0, 0.1) is 0 Å². The number of ether oxygens (including phenoxy) is 1. The molecule has 0 fully saturated rings. The third kappa shape index (κ3) is 4.41. The summed E-state index contributed by atoms with van der Waals surface area (Å²) in [5.74, 6) is -0.344. The number of H-pyrrole nitrogens is 1. The molecule has 0 bridgehead atoms. The van der Waals surface area contributed by atoms with Crippen molar-refractivity contribution in [2.45, 2.75) is 13.2 Å². The van der Waals surface area contributed by atoms with Crippen molar-refractivity contribution in [1.29, 1.82) is 0 Å². The maximum Gasteiger partial charge on any atom is 0.387 e. The van der Waals surface area contributed by atoms with Crippen molar-refractivity contribution in [3.63, 3.8) is 0 Å². The van der Waals surface area contributed by atoms with E-state index in [-0.39, 0.29) is 23.4 Å². The molecule has 7 heteroatoms. The smallest absolute Gasteiger partial charge is 0.387 e. The summed E-state index contributed by atoms with van der Waals surface area (Å²) in [4.78, 5) is 25.3. The molecule has 21 heavy (non-hydrogen) atoms. The van der Waals surface area contributed by atoms with Crippen LogP contribution < -0.4 is 15.6 Å². The highest BCUT2D eigenvalue weighted by Crippen LogP contribution is 2.14. The molecular formula is C14H12F2N2O3. The highest BCUT2D eigenvalue weighted by Gasteiger charge is 2.06. The normalized spacial score (nSPS) is 10.4. The van der Waals surface area contributed by atoms with Gasteiger partial charge in [0.25, 0.3) is 5.91 Å². The van der Waals surface area contributed by atoms with Crippen LogP contribution in [-0.4, -0.2) is 17.5 Å². The van der Waals surface area contributed by atoms with Crippen LogP contribution in [0.15, 0.2) is 47.4 Å². The summed E-state index contributed by atoms with van der Waals surface area (Å²) in [7, 11) is 0. The number of aromatic nitrogens is 1. The Labute approximate surface area is 118 Å². The molecule has 0 radical (unpaired) electrons. The van der Waals surface area contributed by atoms with Crippen LogP contribution in [0.25, 0.3) is 0 Å². The molecular weight excluding hydrogens is 282 g/mol. The first kappa shape index (κ1) is 14.7. The molecule has 0 aliphatic heterocycles. The topological polar surface area (TPSA) is 71.2 Å². The predicted octanol–water partition coefficient (Wildman–Crippen LogP) is 1.91. The third-order valence-electron chi connectivity index (χ3n) is 2.64. The van der Waals surface area contributed by atoms with Gasteiger partial charge < -0.3 is 15.0 Å². The SMILES string of the molecule is O=C(NCc1ccc(OC(F)F)cc1)c1cc[nH]c(=O)c1. The molecule has 5 nitrogen and oxygen atoms in total. The van der Waals surface area contributed by atoms with Crippen molar-refractivity contribution < 1.29 is 18.3 Å². The Morgan fingerprint density at radius 2 is 1.95 bits per heavy atom. The number of benzene rings is 1. The minimum absolute atomic E-state index is 0.0506. The summed E-state index contributed by atoms with van der Waals surface area (Å²) in [6.45, 7) is -2.66. The standard InChI is InChI=1S/C14H12F2N2O3/c15-14(16)21-11-3-1-9(2-4-11)8-18-13(20)10-5-6-17-12(19)7-10/h1-7,14H,8H2,(H,17,19)(H,18,20). The fraction of sp³-hybridized carbons (Fsp3) is 0.143. The van der Waals surface area contributed by atoms with E-state index < -0.39 is 12.5 Å². The van der Waals surface area contributed by atoms with E-state index in [0.717, 1.165) is 5.56 Å². The third-order valence-corrected chi connectivity index (χ3v) is 2.64. The number of amides is 1. The van der Waals surface area contributed by atoms with Crippen molar-refractivity contribution >= 4 is 5.91 Å². The molecule has 110 valence electrons. The van der Waals surface area contributed by atoms with Crippen molar-refractivity contribution in [2.24, 2.45) is 0 Å². The number of carbonyl (C=O) groups is 1. The van der Waals surface area contributed by atoms with Crippen LogP contribution >= 0.6 is 0 Å². The van der Waals surface area contributed by atoms with Crippen molar-refractivity contribution in [3.8, 4) is 5.75 Å². The number of nitrogens with one attached hydrogen (secondary N) is 2. The largest absolute Gasteiger partial charge is 0.435 e. The Balaban J connectivity index is 1.93. The van der Waals surface area contributed by atoms with Gasteiger partial charge in [0.15, 0.2) is 0 Å². The summed E-state index contributed by atoms with van der Waals surface area (Å²) in [6.07, 6.45) is 1.38. The number of hydrogen-bond donors (Lipinski definition) is 2. The van der Waals surface area contributed by atoms with E-state index in [9.17, 15) is 18.4 Å². The zero-order valence-electron chi connectivity index (χ0n) is 10.8. The quantitative estimate of drug-likeness (QED) is 0.885. The second-order valence-electron chi connectivity index (χ2n) is 4.15. The van der Waals surface area contributed by atoms with Crippen molar-refractivity contribution in [2.75, 3.05) is 0 Å². The van der Waals surface area contributed by atoms with E-state index in [1.54, 1.807) is 12.1 Å². The predicted molar refractivity (Wildman–Crippen MR) is 71.3 cm³/mol. The summed E-state index contributed by atoms with van der Waals surface area (Å²) in [5, 5.41) is 2.62. The molecule has 0 aliphatic rings. The Bertz CT molecular complexity index is 668. The fourth-order valence-corrected chi connectivity index (χ4v) is 1.66. The lowest BCUT2D eigenvalue weighted by Gasteiger charge is -2.07. The number of rotatable bonds is 5. The van der Waals surface area contributed by atoms with E-state index in [1.807, 2.05) is 0 Å². The molecule has 0 unspecified atom stereocenters. The van der Waals surface area contributed by atoms with E-state index >= 15 is 0 Å². The molecule has 0 aliphatic carbocycles. The maximum atomic E-state index is 12.0. The second kappa shape index (κ2) is 6.65. The number of alkyl halides is 2. The minimum Gasteiger partial charge on any atom is -0.435 e. The molecule has 0 saturated carbocycles. The van der Waals surface area contributed by atoms with E-state index in [4.69, 9.17) is 0 Å². The van der Waals surface area contributed by atoms with Gasteiger partial charge in [-0.1, -0.05) is 12.1 Å². The van der Waals surface area contributed by atoms with Crippen LogP contribution in [0.2, 0.25) is 0 Å². The monoisotopic (exact) mass is 294 g/mol. The molecule has 2 rings (SSSR count). The summed E-state index contributed by atoms with van der Waals surface area (Å²) in [5.41, 5.74) is 0.599.